The Bertz CT molecular complexity index is 1650. The Kier molecular flexibility index (Phi) is 9.49. The van der Waals surface area contributed by atoms with E-state index in [0.29, 0.717) is 28.4 Å². The lowest BCUT2D eigenvalue weighted by Crippen LogP contribution is -2.50. The largest absolute Gasteiger partial charge is 0.485 e. The van der Waals surface area contributed by atoms with Crippen LogP contribution in [0.2, 0.25) is 0 Å². The molecule has 3 atom stereocenters. The minimum absolute atomic E-state index is 0.159. The SMILES string of the molecule is Cc1noc(C)c1NC(=O)N(C)C[C@@H]1Oc2c(NC(=O)c3ccc(-c4nccs4)cc3)cccc2C(=O)N([C@H](C)CO)C[C@@H]1C. The van der Waals surface area contributed by atoms with Crippen molar-refractivity contribution in [3.05, 3.63) is 76.6 Å². The number of hydrogen-bond donors (Lipinski definition) is 3. The van der Waals surface area contributed by atoms with E-state index in [9.17, 15) is 19.5 Å². The van der Waals surface area contributed by atoms with Crippen LogP contribution in [0.15, 0.2) is 58.6 Å². The first kappa shape index (κ1) is 31.7. The van der Waals surface area contributed by atoms with Gasteiger partial charge in [-0.15, -0.1) is 11.3 Å². The number of amides is 4. The summed E-state index contributed by atoms with van der Waals surface area (Å²) in [5.41, 5.74) is 2.94. The number of fused-ring (bicyclic) bond motifs is 1. The Morgan fingerprint density at radius 2 is 1.93 bits per heavy atom. The van der Waals surface area contributed by atoms with Crippen LogP contribution in [0.4, 0.5) is 16.2 Å². The number of para-hydroxylation sites is 1. The molecule has 236 valence electrons. The van der Waals surface area contributed by atoms with Crippen molar-refractivity contribution in [3.63, 3.8) is 0 Å². The summed E-state index contributed by atoms with van der Waals surface area (Å²) in [4.78, 5) is 47.8. The second-order valence-electron chi connectivity index (χ2n) is 11.2. The molecule has 3 heterocycles. The van der Waals surface area contributed by atoms with E-state index in [4.69, 9.17) is 9.26 Å². The average Bonchev–Trinajstić information content (AvgIpc) is 3.69. The van der Waals surface area contributed by atoms with Crippen LogP contribution in [0, 0.1) is 19.8 Å². The van der Waals surface area contributed by atoms with Gasteiger partial charge in [0.1, 0.15) is 22.5 Å². The number of rotatable bonds is 8. The fourth-order valence-corrected chi connectivity index (χ4v) is 5.75. The van der Waals surface area contributed by atoms with Crippen molar-refractivity contribution in [3.8, 4) is 16.3 Å². The van der Waals surface area contributed by atoms with Crippen molar-refractivity contribution in [2.75, 3.05) is 37.4 Å². The number of aromatic nitrogens is 2. The highest BCUT2D eigenvalue weighted by molar-refractivity contribution is 7.13. The van der Waals surface area contributed by atoms with Gasteiger partial charge in [0.2, 0.25) is 0 Å². The zero-order valence-electron chi connectivity index (χ0n) is 25.7. The van der Waals surface area contributed by atoms with Crippen LogP contribution < -0.4 is 15.4 Å². The summed E-state index contributed by atoms with van der Waals surface area (Å²) in [5, 5.41) is 22.4. The summed E-state index contributed by atoms with van der Waals surface area (Å²) >= 11 is 1.51. The first-order chi connectivity index (χ1) is 21.6. The number of hydrogen-bond acceptors (Lipinski definition) is 9. The van der Waals surface area contributed by atoms with E-state index < -0.39 is 12.1 Å². The van der Waals surface area contributed by atoms with Crippen molar-refractivity contribution >= 4 is 40.6 Å². The van der Waals surface area contributed by atoms with Crippen LogP contribution in [-0.2, 0) is 0 Å². The van der Waals surface area contributed by atoms with Gasteiger partial charge in [0.25, 0.3) is 11.8 Å². The van der Waals surface area contributed by atoms with Crippen molar-refractivity contribution in [2.45, 2.75) is 39.8 Å². The number of ether oxygens (including phenoxy) is 1. The molecule has 0 radical (unpaired) electrons. The third kappa shape index (κ3) is 6.84. The van der Waals surface area contributed by atoms with Crippen molar-refractivity contribution in [2.24, 2.45) is 5.92 Å². The maximum atomic E-state index is 13.8. The van der Waals surface area contributed by atoms with Gasteiger partial charge >= 0.3 is 6.03 Å². The molecule has 0 spiro atoms. The summed E-state index contributed by atoms with van der Waals surface area (Å²) < 4.78 is 11.7. The smallest absolute Gasteiger partial charge is 0.321 e. The third-order valence-electron chi connectivity index (χ3n) is 7.83. The molecule has 13 heteroatoms. The Morgan fingerprint density at radius 1 is 1.18 bits per heavy atom. The summed E-state index contributed by atoms with van der Waals surface area (Å²) in [6, 6.07) is 11.2. The quantitative estimate of drug-likeness (QED) is 0.244. The fraction of sp³-hybridized carbons (Fsp3) is 0.344. The monoisotopic (exact) mass is 632 g/mol. The van der Waals surface area contributed by atoms with E-state index in [1.807, 2.05) is 24.4 Å². The highest BCUT2D eigenvalue weighted by Crippen LogP contribution is 2.35. The molecule has 1 aliphatic rings. The number of nitrogens with zero attached hydrogens (tertiary/aromatic N) is 4. The fourth-order valence-electron chi connectivity index (χ4n) is 5.10. The molecule has 1 aliphatic heterocycles. The van der Waals surface area contributed by atoms with Gasteiger partial charge < -0.3 is 34.8 Å². The summed E-state index contributed by atoms with van der Waals surface area (Å²) in [6.45, 7) is 7.36. The zero-order valence-corrected chi connectivity index (χ0v) is 26.6. The van der Waals surface area contributed by atoms with Gasteiger partial charge in [0.05, 0.1) is 30.4 Å². The molecule has 2 aromatic carbocycles. The molecule has 12 nitrogen and oxygen atoms in total. The molecule has 4 aromatic rings. The Morgan fingerprint density at radius 3 is 2.58 bits per heavy atom. The second-order valence-corrected chi connectivity index (χ2v) is 12.1. The normalized spacial score (nSPS) is 17.0. The predicted molar refractivity (Wildman–Crippen MR) is 171 cm³/mol. The summed E-state index contributed by atoms with van der Waals surface area (Å²) in [6.07, 6.45) is 1.14. The number of carbonyl (C=O) groups is 3. The maximum Gasteiger partial charge on any atom is 0.321 e. The van der Waals surface area contributed by atoms with Gasteiger partial charge in [0.15, 0.2) is 11.5 Å². The van der Waals surface area contributed by atoms with E-state index in [0.717, 1.165) is 10.6 Å². The van der Waals surface area contributed by atoms with Crippen LogP contribution in [-0.4, -0.2) is 81.8 Å². The first-order valence-corrected chi connectivity index (χ1v) is 15.4. The number of urea groups is 1. The van der Waals surface area contributed by atoms with Crippen LogP contribution in [0.25, 0.3) is 10.6 Å². The van der Waals surface area contributed by atoms with Crippen molar-refractivity contribution in [1.82, 2.24) is 19.9 Å². The number of aliphatic hydroxyl groups excluding tert-OH is 1. The van der Waals surface area contributed by atoms with Crippen LogP contribution in [0.1, 0.15) is 46.0 Å². The summed E-state index contributed by atoms with van der Waals surface area (Å²) in [5.74, 6) is -0.281. The molecule has 0 unspecified atom stereocenters. The topological polar surface area (TPSA) is 150 Å². The first-order valence-electron chi connectivity index (χ1n) is 14.5. The number of benzene rings is 2. The van der Waals surface area contributed by atoms with Gasteiger partial charge in [-0.25, -0.2) is 9.78 Å². The van der Waals surface area contributed by atoms with Gasteiger partial charge in [-0.1, -0.05) is 30.3 Å². The average molecular weight is 633 g/mol. The van der Waals surface area contributed by atoms with Crippen LogP contribution >= 0.6 is 11.3 Å². The van der Waals surface area contributed by atoms with Gasteiger partial charge in [0, 0.05) is 42.2 Å². The number of nitrogens with one attached hydrogen (secondary N) is 2. The van der Waals surface area contributed by atoms with E-state index >= 15 is 0 Å². The number of likely N-dealkylation sites (N-methyl/N-ethyl adjacent to an activating group) is 1. The zero-order chi connectivity index (χ0) is 32.2. The van der Waals surface area contributed by atoms with Crippen molar-refractivity contribution in [1.29, 1.82) is 0 Å². The number of thiazole rings is 1. The Labute approximate surface area is 265 Å². The third-order valence-corrected chi connectivity index (χ3v) is 8.65. The van der Waals surface area contributed by atoms with E-state index in [-0.39, 0.29) is 54.8 Å². The minimum Gasteiger partial charge on any atom is -0.485 e. The van der Waals surface area contributed by atoms with Gasteiger partial charge in [-0.2, -0.15) is 0 Å². The lowest BCUT2D eigenvalue weighted by Gasteiger charge is -2.38. The Balaban J connectivity index is 1.43. The summed E-state index contributed by atoms with van der Waals surface area (Å²) in [7, 11) is 1.64. The number of aliphatic hydroxyl groups is 1. The molecule has 4 amide bonds. The predicted octanol–water partition coefficient (Wildman–Crippen LogP) is 5.05. The lowest BCUT2D eigenvalue weighted by molar-refractivity contribution is 0.0372. The van der Waals surface area contributed by atoms with Crippen molar-refractivity contribution < 1.29 is 28.8 Å². The standard InChI is InChI=1S/C32H36N6O6S/c1-18-15-38(19(2)17-39)31(41)24-7-6-8-25(34-29(40)22-9-11-23(12-10-22)30-33-13-14-45-30)28(24)43-26(18)16-37(5)32(42)35-27-20(3)36-44-21(27)4/h6-14,18-19,26,39H,15-17H2,1-5H3,(H,34,40)(H,35,42)/t18-,19+,26-/m0/s1. The lowest BCUT2D eigenvalue weighted by atomic mass is 9.99. The number of anilines is 2. The molecular weight excluding hydrogens is 596 g/mol. The molecule has 2 aromatic heterocycles. The Hall–Kier alpha value is -4.75. The number of carbonyl (C=O) groups excluding carboxylic acids is 3. The highest BCUT2D eigenvalue weighted by Gasteiger charge is 2.35. The minimum atomic E-state index is -0.582. The van der Waals surface area contributed by atoms with Gasteiger partial charge in [-0.3, -0.25) is 9.59 Å². The molecule has 0 aliphatic carbocycles. The molecule has 0 bridgehead atoms. The molecule has 3 N–H and O–H groups in total. The highest BCUT2D eigenvalue weighted by atomic mass is 32.1. The molecule has 45 heavy (non-hydrogen) atoms. The van der Waals surface area contributed by atoms with Crippen LogP contribution in [0.3, 0.4) is 0 Å². The molecule has 5 rings (SSSR count). The number of aryl methyl sites for hydroxylation is 2. The van der Waals surface area contributed by atoms with Gasteiger partial charge in [-0.05, 0) is 45.0 Å². The maximum absolute atomic E-state index is 13.8. The molecule has 0 saturated carbocycles. The van der Waals surface area contributed by atoms with E-state index in [2.05, 4.69) is 20.8 Å². The molecule has 0 saturated heterocycles. The molecular formula is C32H36N6O6S. The van der Waals surface area contributed by atoms with E-state index in [1.165, 1.54) is 16.2 Å². The second kappa shape index (κ2) is 13.5. The molecule has 0 fully saturated rings. The van der Waals surface area contributed by atoms with E-state index in [1.54, 1.807) is 69.2 Å². The van der Waals surface area contributed by atoms with Crippen LogP contribution in [0.5, 0.6) is 5.75 Å².